The molecule has 2 aliphatic rings. The van der Waals surface area contributed by atoms with Gasteiger partial charge in [-0.2, -0.15) is 0 Å². The van der Waals surface area contributed by atoms with Gasteiger partial charge < -0.3 is 14.7 Å². The molecule has 7 heteroatoms. The van der Waals surface area contributed by atoms with Crippen molar-refractivity contribution >= 4 is 11.3 Å². The van der Waals surface area contributed by atoms with E-state index in [2.05, 4.69) is 38.3 Å². The summed E-state index contributed by atoms with van der Waals surface area (Å²) in [5, 5.41) is 10.3. The molecule has 1 N–H and O–H groups in total. The first kappa shape index (κ1) is 22.7. The monoisotopic (exact) mass is 479 g/mol. The van der Waals surface area contributed by atoms with Crippen molar-refractivity contribution in [1.82, 2.24) is 19.3 Å². The van der Waals surface area contributed by atoms with Crippen molar-refractivity contribution in [1.29, 1.82) is 0 Å². The first-order valence-corrected chi connectivity index (χ1v) is 12.6. The van der Waals surface area contributed by atoms with E-state index >= 15 is 0 Å². The van der Waals surface area contributed by atoms with Crippen molar-refractivity contribution in [2.24, 2.45) is 5.92 Å². The van der Waals surface area contributed by atoms with E-state index in [0.717, 1.165) is 60.4 Å². The average molecular weight is 480 g/mol. The minimum atomic E-state index is -0.393. The van der Waals surface area contributed by atoms with Gasteiger partial charge in [0, 0.05) is 30.4 Å². The Morgan fingerprint density at radius 1 is 1.14 bits per heavy atom. The number of benzene rings is 2. The molecule has 1 aliphatic heterocycles. The molecule has 7 nitrogen and oxygen atoms in total. The number of rotatable bonds is 5. The molecule has 2 aromatic carbocycles. The summed E-state index contributed by atoms with van der Waals surface area (Å²) in [4.78, 5) is 15.6. The third-order valence-electron chi connectivity index (χ3n) is 7.42. The number of ether oxygens (including phenoxy) is 1. The standard InChI is InChI=1S/C29H29N5O2/c1-30-23-9-5-20(6-10-23)26-27(22-7-11-24-21(16-22)8-12-25(24)35)34-15-13-31-28(34)29(32-26)36-18-19-4-3-14-33(2)17-19/h5-7,9-11,13,15-16,19,25,35H,3-4,8,12,14,17-18H2,2H3/t19-,25?/m1/s1. The molecule has 0 bridgehead atoms. The highest BCUT2D eigenvalue weighted by molar-refractivity contribution is 5.82. The Morgan fingerprint density at radius 3 is 2.78 bits per heavy atom. The Labute approximate surface area is 210 Å². The van der Waals surface area contributed by atoms with Crippen LogP contribution in [0.15, 0.2) is 54.9 Å². The summed E-state index contributed by atoms with van der Waals surface area (Å²) in [6.07, 6.45) is 7.29. The minimum Gasteiger partial charge on any atom is -0.475 e. The van der Waals surface area contributed by atoms with Crippen LogP contribution in [0.1, 0.15) is 36.5 Å². The first-order chi connectivity index (χ1) is 17.6. The van der Waals surface area contributed by atoms with Crippen LogP contribution in [-0.4, -0.2) is 51.1 Å². The number of aryl methyl sites for hydroxylation is 1. The Morgan fingerprint density at radius 2 is 1.97 bits per heavy atom. The summed E-state index contributed by atoms with van der Waals surface area (Å²) < 4.78 is 8.40. The van der Waals surface area contributed by atoms with Gasteiger partial charge >= 0.3 is 0 Å². The van der Waals surface area contributed by atoms with Crippen LogP contribution in [0.5, 0.6) is 5.88 Å². The summed E-state index contributed by atoms with van der Waals surface area (Å²) in [5.74, 6) is 0.989. The van der Waals surface area contributed by atoms with Crippen LogP contribution < -0.4 is 4.74 Å². The SMILES string of the molecule is [C-]#[N+]c1ccc(-c2nc(OC[C@@H]3CCCN(C)C3)c3nccn3c2-c2ccc3c(c2)CCC3O)cc1. The number of aliphatic hydroxyl groups excluding tert-OH is 1. The van der Waals surface area contributed by atoms with Gasteiger partial charge in [-0.15, -0.1) is 0 Å². The second-order valence-electron chi connectivity index (χ2n) is 9.94. The highest BCUT2D eigenvalue weighted by Crippen LogP contribution is 2.39. The highest BCUT2D eigenvalue weighted by Gasteiger charge is 2.25. The number of likely N-dealkylation sites (tertiary alicyclic amines) is 1. The Bertz CT molecular complexity index is 1450. The molecule has 0 saturated carbocycles. The molecule has 1 unspecified atom stereocenters. The van der Waals surface area contributed by atoms with Crippen LogP contribution in [0.4, 0.5) is 5.69 Å². The molecule has 1 saturated heterocycles. The van der Waals surface area contributed by atoms with E-state index in [9.17, 15) is 5.11 Å². The molecule has 4 aromatic rings. The van der Waals surface area contributed by atoms with Crippen molar-refractivity contribution in [3.8, 4) is 28.4 Å². The summed E-state index contributed by atoms with van der Waals surface area (Å²) in [7, 11) is 2.16. The molecule has 6 rings (SSSR count). The zero-order chi connectivity index (χ0) is 24.6. The van der Waals surface area contributed by atoms with Gasteiger partial charge in [-0.05, 0) is 62.0 Å². The zero-order valence-electron chi connectivity index (χ0n) is 20.4. The van der Waals surface area contributed by atoms with Crippen LogP contribution in [0.25, 0.3) is 33.0 Å². The van der Waals surface area contributed by atoms with Crippen LogP contribution in [0.2, 0.25) is 0 Å². The molecule has 0 radical (unpaired) electrons. The van der Waals surface area contributed by atoms with E-state index in [1.165, 1.54) is 12.0 Å². The third-order valence-corrected chi connectivity index (χ3v) is 7.42. The zero-order valence-corrected chi connectivity index (χ0v) is 20.4. The molecule has 0 spiro atoms. The third kappa shape index (κ3) is 4.13. The summed E-state index contributed by atoms with van der Waals surface area (Å²) in [6.45, 7) is 10.1. The van der Waals surface area contributed by atoms with Gasteiger partial charge in [0.25, 0.3) is 5.88 Å². The van der Waals surface area contributed by atoms with Crippen LogP contribution in [0.3, 0.4) is 0 Å². The van der Waals surface area contributed by atoms with Crippen molar-refractivity contribution < 1.29 is 9.84 Å². The number of piperidine rings is 1. The number of aliphatic hydroxyl groups is 1. The summed E-state index contributed by atoms with van der Waals surface area (Å²) in [6, 6.07) is 13.8. The molecule has 182 valence electrons. The maximum Gasteiger partial charge on any atom is 0.259 e. The molecule has 2 atom stereocenters. The van der Waals surface area contributed by atoms with Gasteiger partial charge in [-0.3, -0.25) is 4.40 Å². The van der Waals surface area contributed by atoms with Gasteiger partial charge in [-0.25, -0.2) is 14.8 Å². The summed E-state index contributed by atoms with van der Waals surface area (Å²) >= 11 is 0. The van der Waals surface area contributed by atoms with Gasteiger partial charge in [0.1, 0.15) is 0 Å². The molecule has 0 amide bonds. The Kier molecular flexibility index (Phi) is 5.92. The number of hydrogen-bond donors (Lipinski definition) is 1. The van der Waals surface area contributed by atoms with Crippen LogP contribution in [-0.2, 0) is 6.42 Å². The van der Waals surface area contributed by atoms with Crippen LogP contribution >= 0.6 is 0 Å². The largest absolute Gasteiger partial charge is 0.475 e. The lowest BCUT2D eigenvalue weighted by atomic mass is 9.99. The lowest BCUT2D eigenvalue weighted by molar-refractivity contribution is 0.148. The van der Waals surface area contributed by atoms with Gasteiger partial charge in [0.05, 0.1) is 30.7 Å². The van der Waals surface area contributed by atoms with E-state index in [4.69, 9.17) is 16.3 Å². The number of fused-ring (bicyclic) bond motifs is 2. The van der Waals surface area contributed by atoms with E-state index in [-0.39, 0.29) is 0 Å². The molecule has 1 aliphatic carbocycles. The second kappa shape index (κ2) is 9.38. The van der Waals surface area contributed by atoms with E-state index in [1.807, 2.05) is 36.5 Å². The number of nitrogens with zero attached hydrogens (tertiary/aromatic N) is 5. The van der Waals surface area contributed by atoms with Gasteiger partial charge in [0.15, 0.2) is 5.69 Å². The van der Waals surface area contributed by atoms with Crippen LogP contribution in [0, 0.1) is 12.5 Å². The molecule has 36 heavy (non-hydrogen) atoms. The Balaban J connectivity index is 1.47. The number of imidazole rings is 1. The van der Waals surface area contributed by atoms with Crippen molar-refractivity contribution in [3.63, 3.8) is 0 Å². The predicted octanol–water partition coefficient (Wildman–Crippen LogP) is 5.31. The van der Waals surface area contributed by atoms with Crippen molar-refractivity contribution in [3.05, 3.63) is 77.4 Å². The summed E-state index contributed by atoms with van der Waals surface area (Å²) in [5.41, 5.74) is 7.10. The lowest BCUT2D eigenvalue weighted by Gasteiger charge is -2.29. The van der Waals surface area contributed by atoms with E-state index in [0.29, 0.717) is 29.7 Å². The van der Waals surface area contributed by atoms with E-state index < -0.39 is 6.10 Å². The molecule has 2 aromatic heterocycles. The maximum atomic E-state index is 10.3. The topological polar surface area (TPSA) is 67.2 Å². The fourth-order valence-corrected chi connectivity index (χ4v) is 5.58. The maximum absolute atomic E-state index is 10.3. The molecule has 3 heterocycles. The lowest BCUT2D eigenvalue weighted by Crippen LogP contribution is -2.34. The average Bonchev–Trinajstić information content (AvgIpc) is 3.54. The van der Waals surface area contributed by atoms with Gasteiger partial charge in [-0.1, -0.05) is 36.4 Å². The highest BCUT2D eigenvalue weighted by atomic mass is 16.5. The smallest absolute Gasteiger partial charge is 0.259 e. The van der Waals surface area contributed by atoms with E-state index in [1.54, 1.807) is 6.20 Å². The molecular weight excluding hydrogens is 450 g/mol. The first-order valence-electron chi connectivity index (χ1n) is 12.6. The van der Waals surface area contributed by atoms with Crippen molar-refractivity contribution in [2.75, 3.05) is 26.7 Å². The number of aromatic nitrogens is 3. The fourth-order valence-electron chi connectivity index (χ4n) is 5.58. The fraction of sp³-hybridized carbons (Fsp3) is 0.345. The predicted molar refractivity (Wildman–Crippen MR) is 139 cm³/mol. The normalized spacial score (nSPS) is 19.8. The molecule has 1 fully saturated rings. The quantitative estimate of drug-likeness (QED) is 0.393. The Hall–Kier alpha value is -3.73. The number of hydrogen-bond acceptors (Lipinski definition) is 5. The van der Waals surface area contributed by atoms with Crippen molar-refractivity contribution in [2.45, 2.75) is 31.8 Å². The van der Waals surface area contributed by atoms with Gasteiger partial charge in [0.2, 0.25) is 5.65 Å². The second-order valence-corrected chi connectivity index (χ2v) is 9.94. The molecular formula is C29H29N5O2. The minimum absolute atomic E-state index is 0.393.